The Labute approximate surface area is 177 Å². The number of aromatic nitrogens is 2. The van der Waals surface area contributed by atoms with Crippen molar-refractivity contribution in [2.75, 3.05) is 17.2 Å². The first-order chi connectivity index (χ1) is 14.8. The zero-order chi connectivity index (χ0) is 22.3. The fourth-order valence-electron chi connectivity index (χ4n) is 2.75. The third-order valence-corrected chi connectivity index (χ3v) is 4.31. The number of halogens is 4. The Morgan fingerprint density at radius 3 is 2.42 bits per heavy atom. The van der Waals surface area contributed by atoms with E-state index in [1.54, 1.807) is 24.3 Å². The van der Waals surface area contributed by atoms with Crippen molar-refractivity contribution in [2.45, 2.75) is 32.4 Å². The fraction of sp³-hybridized carbons (Fsp3) is 0.273. The average molecular weight is 434 g/mol. The van der Waals surface area contributed by atoms with Crippen LogP contribution in [0.4, 0.5) is 40.7 Å². The normalized spacial score (nSPS) is 11.3. The largest absolute Gasteiger partial charge is 0.494 e. The molecule has 9 heteroatoms. The molecule has 0 saturated heterocycles. The third-order valence-electron chi connectivity index (χ3n) is 4.31. The quantitative estimate of drug-likeness (QED) is 0.290. The molecule has 3 rings (SSSR count). The molecule has 31 heavy (non-hydrogen) atoms. The standard InChI is InChI=1S/C22H22F4N4O/c1-2-3-4-12-31-18-10-8-16(9-11-18)29-21-27-14-19(22(24,25)26)20(30-21)28-17-7-5-6-15(23)13-17/h5-11,13-14H,2-4,12H2,1H3,(H2,27,28,29,30). The fourth-order valence-corrected chi connectivity index (χ4v) is 2.75. The molecule has 0 saturated carbocycles. The van der Waals surface area contributed by atoms with Gasteiger partial charge in [0.05, 0.1) is 6.61 Å². The van der Waals surface area contributed by atoms with Crippen molar-refractivity contribution < 1.29 is 22.3 Å². The molecule has 3 aromatic rings. The van der Waals surface area contributed by atoms with Gasteiger partial charge in [-0.2, -0.15) is 18.2 Å². The van der Waals surface area contributed by atoms with Crippen molar-refractivity contribution in [1.29, 1.82) is 0 Å². The summed E-state index contributed by atoms with van der Waals surface area (Å²) in [7, 11) is 0. The number of rotatable bonds is 9. The molecule has 2 aromatic carbocycles. The van der Waals surface area contributed by atoms with Crippen molar-refractivity contribution in [2.24, 2.45) is 0 Å². The molecule has 0 amide bonds. The Kier molecular flexibility index (Phi) is 7.28. The number of benzene rings is 2. The first kappa shape index (κ1) is 22.3. The van der Waals surface area contributed by atoms with E-state index in [2.05, 4.69) is 27.5 Å². The van der Waals surface area contributed by atoms with Crippen LogP contribution in [-0.4, -0.2) is 16.6 Å². The van der Waals surface area contributed by atoms with Gasteiger partial charge in [-0.05, 0) is 48.9 Å². The van der Waals surface area contributed by atoms with Crippen LogP contribution in [0.15, 0.2) is 54.7 Å². The van der Waals surface area contributed by atoms with E-state index in [0.29, 0.717) is 24.2 Å². The van der Waals surface area contributed by atoms with E-state index in [-0.39, 0.29) is 11.6 Å². The molecule has 0 atom stereocenters. The van der Waals surface area contributed by atoms with Gasteiger partial charge in [0.15, 0.2) is 0 Å². The van der Waals surface area contributed by atoms with Gasteiger partial charge < -0.3 is 15.4 Å². The molecule has 0 bridgehead atoms. The summed E-state index contributed by atoms with van der Waals surface area (Å²) in [5, 5.41) is 5.38. The molecule has 0 aliphatic carbocycles. The lowest BCUT2D eigenvalue weighted by atomic mass is 10.2. The Morgan fingerprint density at radius 2 is 1.74 bits per heavy atom. The summed E-state index contributed by atoms with van der Waals surface area (Å²) in [5.74, 6) is -0.401. The van der Waals surface area contributed by atoms with Gasteiger partial charge in [-0.3, -0.25) is 0 Å². The van der Waals surface area contributed by atoms with Crippen LogP contribution in [0.5, 0.6) is 5.75 Å². The van der Waals surface area contributed by atoms with Crippen molar-refractivity contribution in [1.82, 2.24) is 9.97 Å². The molecule has 5 nitrogen and oxygen atoms in total. The molecule has 0 unspecified atom stereocenters. The highest BCUT2D eigenvalue weighted by Gasteiger charge is 2.35. The third kappa shape index (κ3) is 6.56. The summed E-state index contributed by atoms with van der Waals surface area (Å²) < 4.78 is 59.1. The van der Waals surface area contributed by atoms with Gasteiger partial charge >= 0.3 is 6.18 Å². The number of ether oxygens (including phenoxy) is 1. The zero-order valence-corrected chi connectivity index (χ0v) is 16.8. The van der Waals surface area contributed by atoms with Crippen LogP contribution < -0.4 is 15.4 Å². The average Bonchev–Trinajstić information content (AvgIpc) is 2.72. The maximum absolute atomic E-state index is 13.4. The van der Waals surface area contributed by atoms with E-state index >= 15 is 0 Å². The topological polar surface area (TPSA) is 59.1 Å². The van der Waals surface area contributed by atoms with Crippen LogP contribution in [0.1, 0.15) is 31.7 Å². The van der Waals surface area contributed by atoms with E-state index in [1.807, 2.05) is 0 Å². The van der Waals surface area contributed by atoms with Crippen LogP contribution in [0.3, 0.4) is 0 Å². The molecule has 0 aliphatic heterocycles. The second-order valence-electron chi connectivity index (χ2n) is 6.79. The van der Waals surface area contributed by atoms with E-state index in [4.69, 9.17) is 4.74 Å². The van der Waals surface area contributed by atoms with Gasteiger partial charge in [0.1, 0.15) is 22.9 Å². The molecule has 1 heterocycles. The van der Waals surface area contributed by atoms with Crippen molar-refractivity contribution in [3.05, 3.63) is 66.1 Å². The molecule has 0 fully saturated rings. The predicted octanol–water partition coefficient (Wildman–Crippen LogP) is 6.69. The minimum absolute atomic E-state index is 0.0384. The van der Waals surface area contributed by atoms with E-state index in [9.17, 15) is 17.6 Å². The minimum atomic E-state index is -4.68. The summed E-state index contributed by atoms with van der Waals surface area (Å²) >= 11 is 0. The van der Waals surface area contributed by atoms with Gasteiger partial charge in [0.2, 0.25) is 5.95 Å². The first-order valence-corrected chi connectivity index (χ1v) is 9.82. The lowest BCUT2D eigenvalue weighted by molar-refractivity contribution is -0.137. The minimum Gasteiger partial charge on any atom is -0.494 e. The summed E-state index contributed by atoms with van der Waals surface area (Å²) in [4.78, 5) is 7.71. The number of nitrogens with zero attached hydrogens (tertiary/aromatic N) is 2. The summed E-state index contributed by atoms with van der Waals surface area (Å²) in [6.45, 7) is 2.74. The van der Waals surface area contributed by atoms with Crippen molar-refractivity contribution in [3.63, 3.8) is 0 Å². The highest BCUT2D eigenvalue weighted by atomic mass is 19.4. The van der Waals surface area contributed by atoms with Crippen molar-refractivity contribution >= 4 is 23.1 Å². The Balaban J connectivity index is 1.75. The molecular formula is C22H22F4N4O. The highest BCUT2D eigenvalue weighted by molar-refractivity contribution is 5.63. The number of alkyl halides is 3. The Morgan fingerprint density at radius 1 is 0.968 bits per heavy atom. The number of nitrogens with one attached hydrogen (secondary N) is 2. The molecule has 2 N–H and O–H groups in total. The van der Waals surface area contributed by atoms with E-state index in [0.717, 1.165) is 25.3 Å². The van der Waals surface area contributed by atoms with Gasteiger partial charge in [-0.1, -0.05) is 25.8 Å². The summed E-state index contributed by atoms with van der Waals surface area (Å²) in [6, 6.07) is 12.0. The van der Waals surface area contributed by atoms with Crippen LogP contribution in [0, 0.1) is 5.82 Å². The second kappa shape index (κ2) is 10.1. The number of unbranched alkanes of at least 4 members (excludes halogenated alkanes) is 2. The lowest BCUT2D eigenvalue weighted by Crippen LogP contribution is -2.12. The Hall–Kier alpha value is -3.36. The van der Waals surface area contributed by atoms with Crippen LogP contribution in [0.2, 0.25) is 0 Å². The predicted molar refractivity (Wildman–Crippen MR) is 111 cm³/mol. The van der Waals surface area contributed by atoms with Crippen molar-refractivity contribution in [3.8, 4) is 5.75 Å². The number of anilines is 4. The van der Waals surface area contributed by atoms with Gasteiger partial charge in [0, 0.05) is 17.6 Å². The smallest absolute Gasteiger partial charge is 0.421 e. The van der Waals surface area contributed by atoms with E-state index in [1.165, 1.54) is 18.2 Å². The first-order valence-electron chi connectivity index (χ1n) is 9.82. The molecule has 1 aromatic heterocycles. The second-order valence-corrected chi connectivity index (χ2v) is 6.79. The molecule has 0 radical (unpaired) electrons. The zero-order valence-electron chi connectivity index (χ0n) is 16.8. The van der Waals surface area contributed by atoms with Gasteiger partial charge in [-0.15, -0.1) is 0 Å². The molecule has 0 aliphatic rings. The van der Waals surface area contributed by atoms with Crippen LogP contribution in [-0.2, 0) is 6.18 Å². The van der Waals surface area contributed by atoms with Gasteiger partial charge in [-0.25, -0.2) is 9.37 Å². The Bertz CT molecular complexity index is 994. The van der Waals surface area contributed by atoms with Crippen LogP contribution in [0.25, 0.3) is 0 Å². The molecule has 164 valence electrons. The number of hydrogen-bond acceptors (Lipinski definition) is 5. The maximum Gasteiger partial charge on any atom is 0.421 e. The summed E-state index contributed by atoms with van der Waals surface area (Å²) in [6.07, 6.45) is -0.823. The number of hydrogen-bond donors (Lipinski definition) is 2. The highest BCUT2D eigenvalue weighted by Crippen LogP contribution is 2.35. The summed E-state index contributed by atoms with van der Waals surface area (Å²) in [5.41, 5.74) is -0.338. The SMILES string of the molecule is CCCCCOc1ccc(Nc2ncc(C(F)(F)F)c(Nc3cccc(F)c3)n2)cc1. The molecular weight excluding hydrogens is 412 g/mol. The van der Waals surface area contributed by atoms with Gasteiger partial charge in [0.25, 0.3) is 0 Å². The monoisotopic (exact) mass is 434 g/mol. The molecule has 0 spiro atoms. The van der Waals surface area contributed by atoms with Crippen LogP contribution >= 0.6 is 0 Å². The lowest BCUT2D eigenvalue weighted by Gasteiger charge is -2.15. The maximum atomic E-state index is 13.4. The van der Waals surface area contributed by atoms with E-state index < -0.39 is 23.4 Å².